The molecular weight excluding hydrogens is 515 g/mol. The number of H-pyrrole nitrogens is 1. The average Bonchev–Trinajstić information content (AvgIpc) is 3.19. The first kappa shape index (κ1) is 27.0. The van der Waals surface area contributed by atoms with Crippen molar-refractivity contribution in [3.8, 4) is 5.75 Å². The molecule has 5 rings (SSSR count). The second kappa shape index (κ2) is 10.5. The first-order valence-electron chi connectivity index (χ1n) is 13.0. The molecule has 0 bridgehead atoms. The molecule has 3 heterocycles. The molecule has 38 heavy (non-hydrogen) atoms. The Balaban J connectivity index is 1.51. The molecular formula is C28H34F3N3O3S. The van der Waals surface area contributed by atoms with Crippen LogP contribution in [0.15, 0.2) is 36.4 Å². The molecule has 3 unspecified atom stereocenters. The molecule has 3 aromatic rings. The number of nitrogens with zero attached hydrogens (tertiary/aromatic N) is 2. The summed E-state index contributed by atoms with van der Waals surface area (Å²) >= 11 is 0. The van der Waals surface area contributed by atoms with Gasteiger partial charge in [0.15, 0.2) is 9.84 Å². The van der Waals surface area contributed by atoms with Gasteiger partial charge in [-0.2, -0.15) is 0 Å². The molecule has 2 aliphatic heterocycles. The fourth-order valence-corrected chi connectivity index (χ4v) is 6.12. The maximum atomic E-state index is 15.8. The SMILES string of the molecule is CC1Cc2c([nH]c3ccccc23)C(c2c(F)cc(OC3CN(CCCF)C3)cc2F)N1CC(C)S(C)(=O)=O. The van der Waals surface area contributed by atoms with Crippen molar-refractivity contribution in [2.45, 2.75) is 50.1 Å². The molecule has 6 nitrogen and oxygen atoms in total. The number of rotatable bonds is 9. The minimum atomic E-state index is -3.36. The van der Waals surface area contributed by atoms with Gasteiger partial charge in [-0.1, -0.05) is 18.2 Å². The fourth-order valence-electron chi connectivity index (χ4n) is 5.68. The van der Waals surface area contributed by atoms with E-state index in [1.165, 1.54) is 18.4 Å². The highest BCUT2D eigenvalue weighted by Crippen LogP contribution is 2.43. The van der Waals surface area contributed by atoms with Crippen LogP contribution in [0.1, 0.15) is 43.1 Å². The normalized spacial score (nSPS) is 21.8. The van der Waals surface area contributed by atoms with Gasteiger partial charge in [0.05, 0.1) is 18.0 Å². The smallest absolute Gasteiger partial charge is 0.151 e. The Labute approximate surface area is 221 Å². The number of ether oxygens (including phenoxy) is 1. The van der Waals surface area contributed by atoms with Crippen molar-refractivity contribution in [1.29, 1.82) is 0 Å². The summed E-state index contributed by atoms with van der Waals surface area (Å²) in [5, 5.41) is 0.282. The van der Waals surface area contributed by atoms with Gasteiger partial charge in [-0.3, -0.25) is 14.2 Å². The molecule has 0 saturated carbocycles. The lowest BCUT2D eigenvalue weighted by atomic mass is 9.88. The maximum Gasteiger partial charge on any atom is 0.151 e. The Morgan fingerprint density at radius 1 is 1.16 bits per heavy atom. The van der Waals surface area contributed by atoms with Gasteiger partial charge in [0.25, 0.3) is 0 Å². The Hall–Kier alpha value is -2.56. The molecule has 2 aliphatic rings. The zero-order valence-corrected chi connectivity index (χ0v) is 22.7. The number of aromatic amines is 1. The average molecular weight is 550 g/mol. The number of aromatic nitrogens is 1. The molecule has 0 aliphatic carbocycles. The second-order valence-electron chi connectivity index (χ2n) is 10.7. The van der Waals surface area contributed by atoms with Crippen LogP contribution in [0.2, 0.25) is 0 Å². The Morgan fingerprint density at radius 2 is 1.84 bits per heavy atom. The summed E-state index contributed by atoms with van der Waals surface area (Å²) < 4.78 is 74.5. The summed E-state index contributed by atoms with van der Waals surface area (Å²) in [7, 11) is -3.36. The van der Waals surface area contributed by atoms with Crippen LogP contribution in [-0.4, -0.2) is 79.7 Å². The van der Waals surface area contributed by atoms with Crippen LogP contribution >= 0.6 is 0 Å². The van der Waals surface area contributed by atoms with Gasteiger partial charge in [-0.15, -0.1) is 0 Å². The number of sulfone groups is 1. The molecule has 1 aromatic heterocycles. The molecule has 10 heteroatoms. The van der Waals surface area contributed by atoms with E-state index in [0.717, 1.165) is 16.5 Å². The van der Waals surface area contributed by atoms with E-state index in [-0.39, 0.29) is 36.7 Å². The zero-order valence-electron chi connectivity index (χ0n) is 21.9. The topological polar surface area (TPSA) is 65.6 Å². The van der Waals surface area contributed by atoms with Crippen LogP contribution in [0.25, 0.3) is 10.9 Å². The van der Waals surface area contributed by atoms with Crippen LogP contribution in [0, 0.1) is 11.6 Å². The summed E-state index contributed by atoms with van der Waals surface area (Å²) in [6.45, 7) is 5.14. The molecule has 0 radical (unpaired) electrons. The van der Waals surface area contributed by atoms with E-state index in [1.807, 2.05) is 41.0 Å². The molecule has 2 aromatic carbocycles. The van der Waals surface area contributed by atoms with Gasteiger partial charge in [0.1, 0.15) is 23.5 Å². The van der Waals surface area contributed by atoms with Gasteiger partial charge < -0.3 is 9.72 Å². The number of para-hydroxylation sites is 1. The van der Waals surface area contributed by atoms with Gasteiger partial charge in [0.2, 0.25) is 0 Å². The molecule has 3 atom stereocenters. The third-order valence-electron chi connectivity index (χ3n) is 7.88. The summed E-state index contributed by atoms with van der Waals surface area (Å²) in [5.74, 6) is -1.38. The number of fused-ring (bicyclic) bond motifs is 3. The lowest BCUT2D eigenvalue weighted by Crippen LogP contribution is -2.53. The molecule has 1 N–H and O–H groups in total. The third kappa shape index (κ3) is 5.18. The van der Waals surface area contributed by atoms with Gasteiger partial charge in [0, 0.05) is 72.8 Å². The van der Waals surface area contributed by atoms with Crippen LogP contribution in [-0.2, 0) is 16.3 Å². The van der Waals surface area contributed by atoms with E-state index in [1.54, 1.807) is 6.92 Å². The number of likely N-dealkylation sites (tertiary alicyclic amines) is 1. The molecule has 1 saturated heterocycles. The Morgan fingerprint density at radius 3 is 2.50 bits per heavy atom. The van der Waals surface area contributed by atoms with Crippen molar-refractivity contribution < 1.29 is 26.3 Å². The fraction of sp³-hybridized carbons (Fsp3) is 0.500. The van der Waals surface area contributed by atoms with Crippen molar-refractivity contribution in [2.24, 2.45) is 0 Å². The van der Waals surface area contributed by atoms with Crippen molar-refractivity contribution in [3.63, 3.8) is 0 Å². The predicted molar refractivity (Wildman–Crippen MR) is 142 cm³/mol. The van der Waals surface area contributed by atoms with E-state index in [0.29, 0.717) is 38.2 Å². The first-order valence-corrected chi connectivity index (χ1v) is 15.0. The lowest BCUT2D eigenvalue weighted by molar-refractivity contribution is 0.0180. The number of hydrogen-bond donors (Lipinski definition) is 1. The van der Waals surface area contributed by atoms with Crippen molar-refractivity contribution >= 4 is 20.7 Å². The molecule has 206 valence electrons. The van der Waals surface area contributed by atoms with E-state index in [2.05, 4.69) is 4.98 Å². The van der Waals surface area contributed by atoms with Crippen LogP contribution < -0.4 is 4.74 Å². The summed E-state index contributed by atoms with van der Waals surface area (Å²) in [5.41, 5.74) is 2.41. The number of halogens is 3. The summed E-state index contributed by atoms with van der Waals surface area (Å²) in [6, 6.07) is 9.18. The maximum absolute atomic E-state index is 15.8. The van der Waals surface area contributed by atoms with Crippen LogP contribution in [0.5, 0.6) is 5.75 Å². The third-order valence-corrected chi connectivity index (χ3v) is 9.49. The Bertz CT molecular complexity index is 1400. The van der Waals surface area contributed by atoms with Crippen molar-refractivity contribution in [1.82, 2.24) is 14.8 Å². The standard InChI is InChI=1S/C28H34F3N3O3S/c1-17-11-22-21-7-4-5-8-25(21)32-27(22)28(34(17)14-18(2)38(3,35)36)26-23(30)12-19(13-24(26)31)37-20-15-33(16-20)10-6-9-29/h4-5,7-8,12-13,17-18,20,28,32H,6,9-11,14-16H2,1-3H3. The van der Waals surface area contributed by atoms with Crippen molar-refractivity contribution in [3.05, 3.63) is 64.9 Å². The summed E-state index contributed by atoms with van der Waals surface area (Å²) in [4.78, 5) is 7.30. The van der Waals surface area contributed by atoms with E-state index >= 15 is 8.78 Å². The second-order valence-corrected chi connectivity index (χ2v) is 13.2. The van der Waals surface area contributed by atoms with E-state index < -0.39 is 32.8 Å². The minimum Gasteiger partial charge on any atom is -0.488 e. The molecule has 0 spiro atoms. The zero-order chi connectivity index (χ0) is 27.2. The number of hydrogen-bond acceptors (Lipinski definition) is 5. The van der Waals surface area contributed by atoms with Gasteiger partial charge in [-0.05, 0) is 38.3 Å². The van der Waals surface area contributed by atoms with E-state index in [4.69, 9.17) is 4.74 Å². The first-order chi connectivity index (χ1) is 18.1. The van der Waals surface area contributed by atoms with Crippen molar-refractivity contribution in [2.75, 3.05) is 39.1 Å². The largest absolute Gasteiger partial charge is 0.488 e. The monoisotopic (exact) mass is 549 g/mol. The Kier molecular flexibility index (Phi) is 7.50. The lowest BCUT2D eigenvalue weighted by Gasteiger charge is -2.42. The highest BCUT2D eigenvalue weighted by molar-refractivity contribution is 7.91. The molecule has 0 amide bonds. The molecule has 1 fully saturated rings. The predicted octanol–water partition coefficient (Wildman–Crippen LogP) is 4.64. The quantitative estimate of drug-likeness (QED) is 0.422. The number of benzene rings is 2. The van der Waals surface area contributed by atoms with Crippen LogP contribution in [0.4, 0.5) is 13.2 Å². The van der Waals surface area contributed by atoms with Gasteiger partial charge >= 0.3 is 0 Å². The van der Waals surface area contributed by atoms with E-state index in [9.17, 15) is 12.8 Å². The highest BCUT2D eigenvalue weighted by atomic mass is 32.2. The summed E-state index contributed by atoms with van der Waals surface area (Å²) in [6.07, 6.45) is 2.05. The number of nitrogens with one attached hydrogen (secondary N) is 1. The van der Waals surface area contributed by atoms with Gasteiger partial charge in [-0.25, -0.2) is 17.2 Å². The van der Waals surface area contributed by atoms with Crippen LogP contribution in [0.3, 0.4) is 0 Å². The number of alkyl halides is 1. The minimum absolute atomic E-state index is 0.107. The highest BCUT2D eigenvalue weighted by Gasteiger charge is 2.40.